The van der Waals surface area contributed by atoms with Gasteiger partial charge in [-0.3, -0.25) is 19.6 Å². The Morgan fingerprint density at radius 1 is 1.32 bits per heavy atom. The first-order valence-corrected chi connectivity index (χ1v) is 9.01. The first-order chi connectivity index (χ1) is 14.6. The van der Waals surface area contributed by atoms with Crippen molar-refractivity contribution in [1.29, 1.82) is 0 Å². The van der Waals surface area contributed by atoms with E-state index in [0.717, 1.165) is 23.2 Å². The summed E-state index contributed by atoms with van der Waals surface area (Å²) < 4.78 is 45.1. The Balaban J connectivity index is 1.64. The topological polar surface area (TPSA) is 116 Å². The summed E-state index contributed by atoms with van der Waals surface area (Å²) in [6, 6.07) is 4.36. The molecule has 4 rings (SSSR count). The van der Waals surface area contributed by atoms with Crippen LogP contribution in [0.4, 0.5) is 24.5 Å². The van der Waals surface area contributed by atoms with Crippen molar-refractivity contribution in [2.45, 2.75) is 19.0 Å². The summed E-state index contributed by atoms with van der Waals surface area (Å²) in [5.74, 6) is -0.319. The highest BCUT2D eigenvalue weighted by atomic mass is 19.4. The second-order valence-electron chi connectivity index (χ2n) is 6.75. The number of nitro groups is 1. The molecule has 0 bridgehead atoms. The molecule has 0 radical (unpaired) electrons. The van der Waals surface area contributed by atoms with Crippen LogP contribution in [-0.2, 0) is 19.6 Å². The number of anilines is 1. The van der Waals surface area contributed by atoms with Crippen molar-refractivity contribution in [3.63, 3.8) is 0 Å². The molecule has 1 amide bonds. The smallest absolute Gasteiger partial charge is 0.435 e. The Kier molecular flexibility index (Phi) is 4.84. The molecule has 0 aliphatic heterocycles. The average Bonchev–Trinajstić information content (AvgIpc) is 3.31. The van der Waals surface area contributed by atoms with Crippen LogP contribution >= 0.6 is 0 Å². The highest BCUT2D eigenvalue weighted by Gasteiger charge is 2.35. The van der Waals surface area contributed by atoms with Gasteiger partial charge in [0.05, 0.1) is 16.2 Å². The van der Waals surface area contributed by atoms with Crippen LogP contribution < -0.4 is 5.32 Å². The van der Waals surface area contributed by atoms with Crippen molar-refractivity contribution >= 4 is 23.4 Å². The number of nitrogens with one attached hydrogen (secondary N) is 1. The van der Waals surface area contributed by atoms with Crippen molar-refractivity contribution < 1.29 is 27.3 Å². The Hall–Kier alpha value is -3.96. The second kappa shape index (κ2) is 7.38. The molecule has 12 heteroatoms. The highest BCUT2D eigenvalue weighted by molar-refractivity contribution is 6.01. The molecule has 160 valence electrons. The summed E-state index contributed by atoms with van der Waals surface area (Å²) in [5, 5.41) is 17.4. The fourth-order valence-corrected chi connectivity index (χ4v) is 3.20. The third-order valence-electron chi connectivity index (χ3n) is 4.63. The summed E-state index contributed by atoms with van der Waals surface area (Å²) in [6.45, 7) is 0. The zero-order valence-electron chi connectivity index (χ0n) is 15.9. The number of hydrogen-bond donors (Lipinski definition) is 1. The number of oxazole rings is 1. The molecular weight excluding hydrogens is 419 g/mol. The Labute approximate surface area is 172 Å². The van der Waals surface area contributed by atoms with E-state index in [-0.39, 0.29) is 22.8 Å². The lowest BCUT2D eigenvalue weighted by atomic mass is 10.1. The number of nitrogens with zero attached hydrogens (tertiary/aromatic N) is 4. The van der Waals surface area contributed by atoms with E-state index >= 15 is 0 Å². The minimum atomic E-state index is -4.69. The van der Waals surface area contributed by atoms with E-state index in [4.69, 9.17) is 4.42 Å². The molecule has 2 aromatic heterocycles. The van der Waals surface area contributed by atoms with E-state index in [2.05, 4.69) is 15.4 Å². The van der Waals surface area contributed by atoms with Crippen molar-refractivity contribution in [1.82, 2.24) is 14.8 Å². The maximum absolute atomic E-state index is 12.9. The van der Waals surface area contributed by atoms with E-state index in [0.29, 0.717) is 17.9 Å². The molecule has 9 nitrogen and oxygen atoms in total. The lowest BCUT2D eigenvalue weighted by molar-refractivity contribution is -0.384. The maximum Gasteiger partial charge on any atom is 0.435 e. The molecule has 0 fully saturated rings. The number of allylic oxidation sites excluding steroid dienone is 1. The van der Waals surface area contributed by atoms with Crippen molar-refractivity contribution in [2.75, 3.05) is 5.32 Å². The molecule has 2 heterocycles. The molecule has 1 N–H and O–H groups in total. The number of rotatable bonds is 4. The average molecular weight is 433 g/mol. The first kappa shape index (κ1) is 20.3. The molecule has 1 aliphatic carbocycles. The summed E-state index contributed by atoms with van der Waals surface area (Å²) in [7, 11) is 1.25. The normalized spacial score (nSPS) is 13.2. The molecule has 0 unspecified atom stereocenters. The van der Waals surface area contributed by atoms with E-state index in [9.17, 15) is 28.1 Å². The van der Waals surface area contributed by atoms with Gasteiger partial charge in [-0.05, 0) is 30.7 Å². The van der Waals surface area contributed by atoms with Gasteiger partial charge in [0.1, 0.15) is 11.5 Å². The van der Waals surface area contributed by atoms with Crippen LogP contribution in [0.3, 0.4) is 0 Å². The Bertz CT molecular complexity index is 1230. The van der Waals surface area contributed by atoms with Gasteiger partial charge in [-0.2, -0.15) is 18.3 Å². The number of alkyl halides is 3. The van der Waals surface area contributed by atoms with E-state index in [1.807, 2.05) is 6.08 Å². The van der Waals surface area contributed by atoms with Gasteiger partial charge < -0.3 is 9.73 Å². The number of nitro benzene ring substituents is 1. The summed E-state index contributed by atoms with van der Waals surface area (Å²) in [4.78, 5) is 27.3. The number of benzene rings is 1. The van der Waals surface area contributed by atoms with Gasteiger partial charge >= 0.3 is 12.1 Å². The number of carbonyl (C=O) groups is 1. The van der Waals surface area contributed by atoms with Crippen LogP contribution in [0.25, 0.3) is 17.3 Å². The van der Waals surface area contributed by atoms with Crippen LogP contribution in [0.1, 0.15) is 34.3 Å². The summed E-state index contributed by atoms with van der Waals surface area (Å²) in [6.07, 6.45) is 0.320. The lowest BCUT2D eigenvalue weighted by Gasteiger charge is -2.07. The summed E-state index contributed by atoms with van der Waals surface area (Å²) in [5.41, 5.74) is -1.23. The number of aryl methyl sites for hydroxylation is 2. The lowest BCUT2D eigenvalue weighted by Crippen LogP contribution is -2.12. The van der Waals surface area contributed by atoms with E-state index < -0.39 is 28.4 Å². The number of halogens is 3. The molecule has 0 saturated heterocycles. The van der Waals surface area contributed by atoms with Gasteiger partial charge in [-0.15, -0.1) is 0 Å². The van der Waals surface area contributed by atoms with Gasteiger partial charge in [-0.25, -0.2) is 4.98 Å². The quantitative estimate of drug-likeness (QED) is 0.487. The molecule has 1 aliphatic rings. The number of fused-ring (bicyclic) bond motifs is 1. The van der Waals surface area contributed by atoms with Gasteiger partial charge in [-0.1, -0.05) is 6.08 Å². The third-order valence-corrected chi connectivity index (χ3v) is 4.63. The monoisotopic (exact) mass is 433 g/mol. The van der Waals surface area contributed by atoms with Crippen LogP contribution in [0.5, 0.6) is 0 Å². The Morgan fingerprint density at radius 2 is 2.10 bits per heavy atom. The first-order valence-electron chi connectivity index (χ1n) is 9.01. The van der Waals surface area contributed by atoms with Crippen LogP contribution in [0.2, 0.25) is 0 Å². The second-order valence-corrected chi connectivity index (χ2v) is 6.75. The minimum absolute atomic E-state index is 0.0605. The van der Waals surface area contributed by atoms with Gasteiger partial charge in [0.15, 0.2) is 5.69 Å². The third kappa shape index (κ3) is 3.91. The summed E-state index contributed by atoms with van der Waals surface area (Å²) >= 11 is 0. The standard InChI is InChI=1S/C19H14F3N5O4/c1-26-13(9-16(25-26)19(20,21)22)11-7-6-10(8-14(11)27(29)30)23-17(28)18-24-12-4-2-3-5-15(12)31-18/h2,4,6-9H,3,5H2,1H3,(H,23,28). The maximum atomic E-state index is 12.9. The number of carbonyl (C=O) groups excluding carboxylic acids is 1. The molecule has 0 atom stereocenters. The van der Waals surface area contributed by atoms with Gasteiger partial charge in [0.25, 0.3) is 11.6 Å². The van der Waals surface area contributed by atoms with Crippen molar-refractivity contribution in [3.8, 4) is 11.3 Å². The molecule has 3 aromatic rings. The minimum Gasteiger partial charge on any atom is -0.437 e. The fraction of sp³-hybridized carbons (Fsp3) is 0.211. The van der Waals surface area contributed by atoms with Gasteiger partial charge in [0.2, 0.25) is 0 Å². The van der Waals surface area contributed by atoms with Gasteiger partial charge in [0, 0.05) is 25.2 Å². The highest BCUT2D eigenvalue weighted by Crippen LogP contribution is 2.36. The fourth-order valence-electron chi connectivity index (χ4n) is 3.20. The Morgan fingerprint density at radius 3 is 2.74 bits per heavy atom. The molecule has 0 saturated carbocycles. The molecule has 1 aromatic carbocycles. The molecular formula is C19H14F3N5O4. The van der Waals surface area contributed by atoms with E-state index in [1.165, 1.54) is 19.2 Å². The largest absolute Gasteiger partial charge is 0.437 e. The van der Waals surface area contributed by atoms with Crippen LogP contribution in [-0.4, -0.2) is 25.6 Å². The van der Waals surface area contributed by atoms with Crippen LogP contribution in [0, 0.1) is 10.1 Å². The predicted molar refractivity (Wildman–Crippen MR) is 102 cm³/mol. The number of aromatic nitrogens is 3. The number of amides is 1. The van der Waals surface area contributed by atoms with Crippen LogP contribution in [0.15, 0.2) is 34.8 Å². The zero-order chi connectivity index (χ0) is 22.3. The van der Waals surface area contributed by atoms with Crippen molar-refractivity contribution in [3.05, 3.63) is 63.5 Å². The molecule has 0 spiro atoms. The van der Waals surface area contributed by atoms with E-state index in [1.54, 1.807) is 6.08 Å². The predicted octanol–water partition coefficient (Wildman–Crippen LogP) is 4.21. The molecule has 31 heavy (non-hydrogen) atoms. The SMILES string of the molecule is Cn1nc(C(F)(F)F)cc1-c1ccc(NC(=O)c2nc3c(o2)CCC=C3)cc1[N+](=O)[O-]. The van der Waals surface area contributed by atoms with Crippen molar-refractivity contribution in [2.24, 2.45) is 7.05 Å². The number of hydrogen-bond acceptors (Lipinski definition) is 6. The zero-order valence-corrected chi connectivity index (χ0v) is 15.9.